The quantitative estimate of drug-likeness (QED) is 0.228. The molecule has 1 aromatic heterocycles. The molecule has 8 nitrogen and oxygen atoms in total. The second-order valence-electron chi connectivity index (χ2n) is 8.75. The third-order valence-corrected chi connectivity index (χ3v) is 5.89. The first-order chi connectivity index (χ1) is 17.1. The monoisotopic (exact) mass is 502 g/mol. The maximum Gasteiger partial charge on any atom is 0.435 e. The largest absolute Gasteiger partial charge is 0.489 e. The number of carbonyl (C=O) groups is 1. The SMILES string of the molecule is Cc1cc(OCc2cccc(C(=O)NCCCn3nc(C(F)(F)F)cc3C3CC3)c2)ccc1[N+](=O)[O-]. The van der Waals surface area contributed by atoms with Gasteiger partial charge in [-0.25, -0.2) is 0 Å². The smallest absolute Gasteiger partial charge is 0.435 e. The Labute approximate surface area is 205 Å². The van der Waals surface area contributed by atoms with E-state index in [0.29, 0.717) is 29.0 Å². The number of aromatic nitrogens is 2. The number of nitro benzene ring substituents is 1. The summed E-state index contributed by atoms with van der Waals surface area (Å²) in [6.07, 6.45) is -2.31. The molecule has 1 heterocycles. The van der Waals surface area contributed by atoms with Gasteiger partial charge < -0.3 is 10.1 Å². The van der Waals surface area contributed by atoms with Gasteiger partial charge in [-0.2, -0.15) is 18.3 Å². The van der Waals surface area contributed by atoms with Crippen LogP contribution in [0.1, 0.15) is 58.1 Å². The van der Waals surface area contributed by atoms with Gasteiger partial charge in [-0.3, -0.25) is 19.6 Å². The van der Waals surface area contributed by atoms with Crippen molar-refractivity contribution in [3.63, 3.8) is 0 Å². The van der Waals surface area contributed by atoms with Crippen LogP contribution in [0.25, 0.3) is 0 Å². The number of alkyl halides is 3. The van der Waals surface area contributed by atoms with E-state index in [2.05, 4.69) is 10.4 Å². The fraction of sp³-hybridized carbons (Fsp3) is 0.360. The molecule has 2 aromatic carbocycles. The van der Waals surface area contributed by atoms with Crippen molar-refractivity contribution in [2.45, 2.75) is 51.4 Å². The highest BCUT2D eigenvalue weighted by Crippen LogP contribution is 2.42. The number of hydrogen-bond donors (Lipinski definition) is 1. The third-order valence-electron chi connectivity index (χ3n) is 5.89. The number of nitrogens with one attached hydrogen (secondary N) is 1. The van der Waals surface area contributed by atoms with Crippen molar-refractivity contribution >= 4 is 11.6 Å². The number of rotatable bonds is 10. The molecule has 11 heteroatoms. The average molecular weight is 502 g/mol. The van der Waals surface area contributed by atoms with Crippen molar-refractivity contribution in [1.82, 2.24) is 15.1 Å². The fourth-order valence-electron chi connectivity index (χ4n) is 3.88. The molecule has 190 valence electrons. The summed E-state index contributed by atoms with van der Waals surface area (Å²) in [5, 5.41) is 17.5. The van der Waals surface area contributed by atoms with Crippen molar-refractivity contribution in [3.05, 3.63) is 86.7 Å². The topological polar surface area (TPSA) is 99.3 Å². The maximum absolute atomic E-state index is 13.0. The van der Waals surface area contributed by atoms with Crippen LogP contribution in [0, 0.1) is 17.0 Å². The summed E-state index contributed by atoms with van der Waals surface area (Å²) in [4.78, 5) is 23.0. The number of halogens is 3. The lowest BCUT2D eigenvalue weighted by Crippen LogP contribution is -2.25. The van der Waals surface area contributed by atoms with Gasteiger partial charge in [-0.05, 0) is 62.1 Å². The summed E-state index contributed by atoms with van der Waals surface area (Å²) in [6.45, 7) is 2.37. The van der Waals surface area contributed by atoms with E-state index in [4.69, 9.17) is 4.74 Å². The molecular weight excluding hydrogens is 477 g/mol. The van der Waals surface area contributed by atoms with Crippen LogP contribution in [0.15, 0.2) is 48.5 Å². The summed E-state index contributed by atoms with van der Waals surface area (Å²) in [5.41, 5.74) is 1.38. The number of nitrogens with zero attached hydrogens (tertiary/aromatic N) is 3. The predicted octanol–water partition coefficient (Wildman–Crippen LogP) is 5.40. The van der Waals surface area contributed by atoms with E-state index < -0.39 is 16.8 Å². The van der Waals surface area contributed by atoms with Crippen LogP contribution < -0.4 is 10.1 Å². The van der Waals surface area contributed by atoms with Crippen LogP contribution >= 0.6 is 0 Å². The summed E-state index contributed by atoms with van der Waals surface area (Å²) < 4.78 is 46.2. The molecule has 1 saturated carbocycles. The molecular formula is C25H25F3N4O4. The zero-order valence-corrected chi connectivity index (χ0v) is 19.5. The molecule has 0 spiro atoms. The minimum Gasteiger partial charge on any atom is -0.489 e. The molecule has 1 aliphatic rings. The van der Waals surface area contributed by atoms with E-state index in [1.807, 2.05) is 0 Å². The first-order valence-corrected chi connectivity index (χ1v) is 11.5. The Bertz CT molecular complexity index is 1270. The van der Waals surface area contributed by atoms with Crippen molar-refractivity contribution in [2.75, 3.05) is 6.54 Å². The van der Waals surface area contributed by atoms with Gasteiger partial charge in [0.2, 0.25) is 0 Å². The van der Waals surface area contributed by atoms with Gasteiger partial charge in [-0.1, -0.05) is 12.1 Å². The number of carbonyl (C=O) groups excluding carboxylic acids is 1. The maximum atomic E-state index is 13.0. The van der Waals surface area contributed by atoms with Crippen molar-refractivity contribution in [3.8, 4) is 5.75 Å². The molecule has 1 amide bonds. The Hall–Kier alpha value is -3.89. The third kappa shape index (κ3) is 6.21. The Morgan fingerprint density at radius 1 is 1.22 bits per heavy atom. The Morgan fingerprint density at radius 2 is 2.00 bits per heavy atom. The Kier molecular flexibility index (Phi) is 7.27. The highest BCUT2D eigenvalue weighted by atomic mass is 19.4. The van der Waals surface area contributed by atoms with Crippen molar-refractivity contribution in [1.29, 1.82) is 0 Å². The van der Waals surface area contributed by atoms with E-state index in [1.165, 1.54) is 16.8 Å². The van der Waals surface area contributed by atoms with Crippen molar-refractivity contribution in [2.24, 2.45) is 0 Å². The van der Waals surface area contributed by atoms with Crippen LogP contribution in [-0.4, -0.2) is 27.2 Å². The second-order valence-corrected chi connectivity index (χ2v) is 8.75. The lowest BCUT2D eigenvalue weighted by molar-refractivity contribution is -0.385. The normalized spacial score (nSPS) is 13.4. The Balaban J connectivity index is 1.28. The molecule has 4 rings (SSSR count). The lowest BCUT2D eigenvalue weighted by Gasteiger charge is -2.10. The zero-order valence-electron chi connectivity index (χ0n) is 19.5. The molecule has 0 aliphatic heterocycles. The number of amides is 1. The standard InChI is InChI=1S/C25H25F3N4O4/c1-16-12-20(8-9-21(16)32(34)35)36-15-17-4-2-5-19(13-17)24(33)29-10-3-11-31-22(18-6-7-18)14-23(30-31)25(26,27)28/h2,4-5,8-9,12-14,18H,3,6-7,10-11,15H2,1H3,(H,29,33). The highest BCUT2D eigenvalue weighted by molar-refractivity contribution is 5.94. The molecule has 0 bridgehead atoms. The predicted molar refractivity (Wildman–Crippen MR) is 125 cm³/mol. The van der Waals surface area contributed by atoms with Gasteiger partial charge in [0, 0.05) is 41.9 Å². The van der Waals surface area contributed by atoms with Gasteiger partial charge in [0.05, 0.1) is 4.92 Å². The number of ether oxygens (including phenoxy) is 1. The lowest BCUT2D eigenvalue weighted by atomic mass is 10.1. The van der Waals surface area contributed by atoms with E-state index in [0.717, 1.165) is 24.5 Å². The van der Waals surface area contributed by atoms with Crippen LogP contribution in [0.4, 0.5) is 18.9 Å². The summed E-state index contributed by atoms with van der Waals surface area (Å²) in [7, 11) is 0. The summed E-state index contributed by atoms with van der Waals surface area (Å²) in [5.74, 6) is 0.302. The highest BCUT2D eigenvalue weighted by Gasteiger charge is 2.37. The number of hydrogen-bond acceptors (Lipinski definition) is 5. The number of aryl methyl sites for hydroxylation is 2. The summed E-state index contributed by atoms with van der Waals surface area (Å²) in [6, 6.07) is 12.5. The molecule has 36 heavy (non-hydrogen) atoms. The molecule has 0 unspecified atom stereocenters. The molecule has 3 aromatic rings. The zero-order chi connectivity index (χ0) is 25.9. The minimum absolute atomic E-state index is 0.0122. The van der Waals surface area contributed by atoms with Gasteiger partial charge in [0.1, 0.15) is 12.4 Å². The average Bonchev–Trinajstić information content (AvgIpc) is 3.58. The minimum atomic E-state index is -4.48. The molecule has 0 radical (unpaired) electrons. The van der Waals surface area contributed by atoms with E-state index in [9.17, 15) is 28.1 Å². The van der Waals surface area contributed by atoms with E-state index in [-0.39, 0.29) is 37.2 Å². The first-order valence-electron chi connectivity index (χ1n) is 11.5. The van der Waals surface area contributed by atoms with Crippen LogP contribution in [0.2, 0.25) is 0 Å². The fourth-order valence-corrected chi connectivity index (χ4v) is 3.88. The molecule has 1 N–H and O–H groups in total. The Morgan fingerprint density at radius 3 is 2.67 bits per heavy atom. The number of benzene rings is 2. The molecule has 1 aliphatic carbocycles. The van der Waals surface area contributed by atoms with Crippen LogP contribution in [0.5, 0.6) is 5.75 Å². The molecule has 1 fully saturated rings. The van der Waals surface area contributed by atoms with Gasteiger partial charge in [0.25, 0.3) is 11.6 Å². The van der Waals surface area contributed by atoms with E-state index in [1.54, 1.807) is 37.3 Å². The van der Waals surface area contributed by atoms with Crippen molar-refractivity contribution < 1.29 is 27.6 Å². The van der Waals surface area contributed by atoms with Crippen LogP contribution in [0.3, 0.4) is 0 Å². The summed E-state index contributed by atoms with van der Waals surface area (Å²) >= 11 is 0. The first kappa shape index (κ1) is 25.2. The van der Waals surface area contributed by atoms with E-state index >= 15 is 0 Å². The van der Waals surface area contributed by atoms with Gasteiger partial charge >= 0.3 is 6.18 Å². The van der Waals surface area contributed by atoms with Gasteiger partial charge in [-0.15, -0.1) is 0 Å². The van der Waals surface area contributed by atoms with Crippen LogP contribution in [-0.2, 0) is 19.3 Å². The molecule has 0 saturated heterocycles. The second kappa shape index (κ2) is 10.4. The molecule has 0 atom stereocenters. The van der Waals surface area contributed by atoms with Gasteiger partial charge in [0.15, 0.2) is 5.69 Å². The number of nitro groups is 1.